The fourth-order valence-electron chi connectivity index (χ4n) is 4.78. The Morgan fingerprint density at radius 2 is 1.91 bits per heavy atom. The van der Waals surface area contributed by atoms with Crippen LogP contribution >= 0.6 is 0 Å². The number of para-hydroxylation sites is 1. The summed E-state index contributed by atoms with van der Waals surface area (Å²) in [6.45, 7) is 2.45. The summed E-state index contributed by atoms with van der Waals surface area (Å²) >= 11 is 0. The van der Waals surface area contributed by atoms with Gasteiger partial charge in [-0.15, -0.1) is 0 Å². The van der Waals surface area contributed by atoms with Gasteiger partial charge >= 0.3 is 0 Å². The van der Waals surface area contributed by atoms with Crippen molar-refractivity contribution < 1.29 is 14.3 Å². The predicted molar refractivity (Wildman–Crippen MR) is 132 cm³/mol. The van der Waals surface area contributed by atoms with Gasteiger partial charge in [0.25, 0.3) is 0 Å². The van der Waals surface area contributed by atoms with Crippen molar-refractivity contribution in [3.8, 4) is 5.75 Å². The molecule has 3 aromatic rings. The number of carbonyl (C=O) groups is 2. The SMILES string of the molecule is O=C1CC[C@@H](CN(Cc2cccnc2)C(=O)CN2Cc3ccccc3OC(c3ccccc3)C2)N1. The summed E-state index contributed by atoms with van der Waals surface area (Å²) < 4.78 is 6.41. The lowest BCUT2D eigenvalue weighted by atomic mass is 10.1. The van der Waals surface area contributed by atoms with Crippen LogP contribution in [0.2, 0.25) is 0 Å². The van der Waals surface area contributed by atoms with Gasteiger partial charge in [-0.3, -0.25) is 19.5 Å². The minimum Gasteiger partial charge on any atom is -0.484 e. The smallest absolute Gasteiger partial charge is 0.237 e. The predicted octanol–water partition coefficient (Wildman–Crippen LogP) is 3.32. The van der Waals surface area contributed by atoms with Gasteiger partial charge in [0.1, 0.15) is 11.9 Å². The fourth-order valence-corrected chi connectivity index (χ4v) is 4.78. The highest BCUT2D eigenvalue weighted by Gasteiger charge is 2.29. The van der Waals surface area contributed by atoms with E-state index in [0.717, 1.165) is 28.9 Å². The van der Waals surface area contributed by atoms with E-state index in [9.17, 15) is 9.59 Å². The number of rotatable bonds is 7. The second-order valence-corrected chi connectivity index (χ2v) is 9.23. The highest BCUT2D eigenvalue weighted by Crippen LogP contribution is 2.31. The molecule has 1 saturated heterocycles. The van der Waals surface area contributed by atoms with Crippen LogP contribution in [0.15, 0.2) is 79.1 Å². The molecule has 7 heteroatoms. The van der Waals surface area contributed by atoms with Crippen molar-refractivity contribution in [1.82, 2.24) is 20.1 Å². The summed E-state index contributed by atoms with van der Waals surface area (Å²) in [6, 6.07) is 22.0. The number of ether oxygens (including phenoxy) is 1. The zero-order valence-corrected chi connectivity index (χ0v) is 19.7. The molecular weight excluding hydrogens is 440 g/mol. The number of amides is 2. The van der Waals surface area contributed by atoms with Gasteiger partial charge in [-0.2, -0.15) is 0 Å². The number of nitrogens with one attached hydrogen (secondary N) is 1. The number of fused-ring (bicyclic) bond motifs is 1. The van der Waals surface area contributed by atoms with Crippen LogP contribution in [0.1, 0.15) is 35.6 Å². The number of carbonyl (C=O) groups excluding carboxylic acids is 2. The fraction of sp³-hybridized carbons (Fsp3) is 0.321. The molecule has 1 unspecified atom stereocenters. The second kappa shape index (κ2) is 10.7. The van der Waals surface area contributed by atoms with Crippen LogP contribution in [0.25, 0.3) is 0 Å². The highest BCUT2D eigenvalue weighted by molar-refractivity contribution is 5.80. The molecule has 5 rings (SSSR count). The summed E-state index contributed by atoms with van der Waals surface area (Å²) in [5.74, 6) is 0.939. The minimum absolute atomic E-state index is 0.0200. The number of aromatic nitrogens is 1. The Hall–Kier alpha value is -3.71. The molecule has 0 radical (unpaired) electrons. The number of pyridine rings is 1. The van der Waals surface area contributed by atoms with Crippen molar-refractivity contribution in [2.45, 2.75) is 38.1 Å². The van der Waals surface area contributed by atoms with Crippen molar-refractivity contribution in [3.63, 3.8) is 0 Å². The Morgan fingerprint density at radius 3 is 2.69 bits per heavy atom. The third-order valence-electron chi connectivity index (χ3n) is 6.56. The van der Waals surface area contributed by atoms with Crippen molar-refractivity contribution in [2.75, 3.05) is 19.6 Å². The first kappa shape index (κ1) is 23.1. The van der Waals surface area contributed by atoms with Gasteiger partial charge < -0.3 is 15.0 Å². The molecule has 3 heterocycles. The zero-order valence-electron chi connectivity index (χ0n) is 19.7. The van der Waals surface area contributed by atoms with E-state index in [-0.39, 0.29) is 30.5 Å². The Bertz CT molecular complexity index is 1160. The molecule has 1 fully saturated rings. The molecule has 7 nitrogen and oxygen atoms in total. The molecule has 0 saturated carbocycles. The Labute approximate surface area is 205 Å². The molecule has 2 amide bonds. The third-order valence-corrected chi connectivity index (χ3v) is 6.56. The van der Waals surface area contributed by atoms with Gasteiger partial charge in [-0.1, -0.05) is 54.6 Å². The van der Waals surface area contributed by atoms with Crippen LogP contribution in [-0.2, 0) is 22.7 Å². The standard InChI is InChI=1S/C28H30N4O3/c33-27-13-12-24(30-27)18-32(16-21-7-6-14-29-15-21)28(34)20-31-17-23-10-4-5-11-25(23)35-26(19-31)22-8-2-1-3-9-22/h1-11,14-15,24,26H,12-13,16-20H2,(H,30,33)/t24-,26?/m0/s1. The van der Waals surface area contributed by atoms with Crippen molar-refractivity contribution >= 4 is 11.8 Å². The summed E-state index contributed by atoms with van der Waals surface area (Å²) in [7, 11) is 0. The molecule has 35 heavy (non-hydrogen) atoms. The second-order valence-electron chi connectivity index (χ2n) is 9.23. The molecule has 2 aliphatic rings. The van der Waals surface area contributed by atoms with E-state index in [1.807, 2.05) is 53.4 Å². The monoisotopic (exact) mass is 470 g/mol. The lowest BCUT2D eigenvalue weighted by Gasteiger charge is -2.29. The van der Waals surface area contributed by atoms with E-state index >= 15 is 0 Å². The number of benzene rings is 2. The molecule has 2 aliphatic heterocycles. The summed E-state index contributed by atoms with van der Waals surface area (Å²) in [5.41, 5.74) is 3.13. The van der Waals surface area contributed by atoms with Crippen LogP contribution in [-0.4, -0.2) is 52.3 Å². The maximum Gasteiger partial charge on any atom is 0.237 e. The zero-order chi connectivity index (χ0) is 24.0. The molecule has 1 N–H and O–H groups in total. The van der Waals surface area contributed by atoms with Crippen molar-refractivity contribution in [2.24, 2.45) is 0 Å². The summed E-state index contributed by atoms with van der Waals surface area (Å²) in [4.78, 5) is 33.6. The first-order valence-electron chi connectivity index (χ1n) is 12.1. The number of hydrogen-bond acceptors (Lipinski definition) is 5. The lowest BCUT2D eigenvalue weighted by molar-refractivity contribution is -0.134. The first-order valence-corrected chi connectivity index (χ1v) is 12.1. The van der Waals surface area contributed by atoms with Gasteiger partial charge in [0.15, 0.2) is 0 Å². The topological polar surface area (TPSA) is 74.8 Å². The van der Waals surface area contributed by atoms with E-state index in [0.29, 0.717) is 32.6 Å². The average molecular weight is 471 g/mol. The van der Waals surface area contributed by atoms with E-state index < -0.39 is 0 Å². The number of hydrogen-bond donors (Lipinski definition) is 1. The van der Waals surface area contributed by atoms with Crippen molar-refractivity contribution in [3.05, 3.63) is 95.8 Å². The summed E-state index contributed by atoms with van der Waals surface area (Å²) in [6.07, 6.45) is 4.60. The van der Waals surface area contributed by atoms with Gasteiger partial charge in [-0.05, 0) is 29.7 Å². The molecule has 2 aromatic carbocycles. The van der Waals surface area contributed by atoms with Crippen molar-refractivity contribution in [1.29, 1.82) is 0 Å². The average Bonchev–Trinajstić information content (AvgIpc) is 3.20. The highest BCUT2D eigenvalue weighted by atomic mass is 16.5. The van der Waals surface area contributed by atoms with Crippen LogP contribution in [0.4, 0.5) is 0 Å². The quantitative estimate of drug-likeness (QED) is 0.573. The summed E-state index contributed by atoms with van der Waals surface area (Å²) in [5, 5.41) is 3.00. The van der Waals surface area contributed by atoms with Gasteiger partial charge in [0.2, 0.25) is 11.8 Å². The maximum absolute atomic E-state index is 13.7. The van der Waals surface area contributed by atoms with Gasteiger partial charge in [0.05, 0.1) is 6.54 Å². The van der Waals surface area contributed by atoms with E-state index in [1.165, 1.54) is 0 Å². The molecular formula is C28H30N4O3. The Morgan fingerprint density at radius 1 is 1.09 bits per heavy atom. The molecule has 0 aliphatic carbocycles. The molecule has 1 aromatic heterocycles. The van der Waals surface area contributed by atoms with E-state index in [2.05, 4.69) is 33.4 Å². The van der Waals surface area contributed by atoms with Gasteiger partial charge in [0, 0.05) is 56.6 Å². The lowest BCUT2D eigenvalue weighted by Crippen LogP contribution is -2.46. The molecule has 0 spiro atoms. The molecule has 180 valence electrons. The largest absolute Gasteiger partial charge is 0.484 e. The maximum atomic E-state index is 13.7. The first-order chi connectivity index (χ1) is 17.1. The minimum atomic E-state index is -0.173. The van der Waals surface area contributed by atoms with E-state index in [1.54, 1.807) is 12.4 Å². The van der Waals surface area contributed by atoms with Gasteiger partial charge in [-0.25, -0.2) is 0 Å². The van der Waals surface area contributed by atoms with Crippen LogP contribution in [0.5, 0.6) is 5.75 Å². The van der Waals surface area contributed by atoms with Crippen LogP contribution in [0.3, 0.4) is 0 Å². The Kier molecular flexibility index (Phi) is 7.04. The van der Waals surface area contributed by atoms with E-state index in [4.69, 9.17) is 4.74 Å². The molecule has 2 atom stereocenters. The van der Waals surface area contributed by atoms with Crippen LogP contribution in [0, 0.1) is 0 Å². The third kappa shape index (κ3) is 5.87. The normalized spacial score (nSPS) is 19.8. The molecule has 0 bridgehead atoms. The van der Waals surface area contributed by atoms with Crippen LogP contribution < -0.4 is 10.1 Å². The number of nitrogens with zero attached hydrogens (tertiary/aromatic N) is 3. The Balaban J connectivity index is 1.35.